The van der Waals surface area contributed by atoms with Crippen LogP contribution in [0.15, 0.2) is 29.6 Å². The van der Waals surface area contributed by atoms with Crippen molar-refractivity contribution in [3.8, 4) is 0 Å². The summed E-state index contributed by atoms with van der Waals surface area (Å²) >= 11 is 7.89. The summed E-state index contributed by atoms with van der Waals surface area (Å²) in [7, 11) is 0. The third-order valence-corrected chi connectivity index (χ3v) is 5.14. The van der Waals surface area contributed by atoms with Crippen molar-refractivity contribution in [3.63, 3.8) is 0 Å². The lowest BCUT2D eigenvalue weighted by Crippen LogP contribution is -2.32. The highest BCUT2D eigenvalue weighted by Crippen LogP contribution is 2.25. The number of hydrogen-bond acceptors (Lipinski definition) is 4. The average molecular weight is 336 g/mol. The lowest BCUT2D eigenvalue weighted by Gasteiger charge is -2.26. The molecule has 6 heteroatoms. The van der Waals surface area contributed by atoms with Crippen LogP contribution in [0.2, 0.25) is 5.02 Å². The number of benzene rings is 1. The summed E-state index contributed by atoms with van der Waals surface area (Å²) in [6.07, 6.45) is 1.54. The minimum Gasteiger partial charge on any atom is -0.399 e. The maximum atomic E-state index is 12.1. The Morgan fingerprint density at radius 2 is 2.27 bits per heavy atom. The van der Waals surface area contributed by atoms with Crippen molar-refractivity contribution < 1.29 is 4.79 Å². The van der Waals surface area contributed by atoms with Crippen molar-refractivity contribution in [2.75, 3.05) is 24.1 Å². The standard InChI is InChI=1S/C16H18ClN3OS/c17-13-9-12(18)1-2-14(13)19-16(21)4-7-20-6-3-15-11(10-20)5-8-22-15/h1-2,5,8-9H,3-4,6-7,10,18H2,(H,19,21). The molecule has 0 saturated carbocycles. The molecule has 0 radical (unpaired) electrons. The summed E-state index contributed by atoms with van der Waals surface area (Å²) in [5.74, 6) is -0.0252. The summed E-state index contributed by atoms with van der Waals surface area (Å²) in [6, 6.07) is 7.28. The van der Waals surface area contributed by atoms with Crippen LogP contribution in [-0.4, -0.2) is 23.9 Å². The summed E-state index contributed by atoms with van der Waals surface area (Å²) in [6.45, 7) is 2.71. The number of fused-ring (bicyclic) bond motifs is 1. The van der Waals surface area contributed by atoms with E-state index in [0.717, 1.165) is 26.1 Å². The number of anilines is 2. The zero-order valence-electron chi connectivity index (χ0n) is 12.1. The number of amides is 1. The molecule has 1 aliphatic rings. The van der Waals surface area contributed by atoms with Crippen LogP contribution < -0.4 is 11.1 Å². The highest BCUT2D eigenvalue weighted by molar-refractivity contribution is 7.10. The van der Waals surface area contributed by atoms with E-state index in [-0.39, 0.29) is 5.91 Å². The van der Waals surface area contributed by atoms with Gasteiger partial charge in [-0.05, 0) is 41.6 Å². The summed E-state index contributed by atoms with van der Waals surface area (Å²) in [5.41, 5.74) is 8.24. The smallest absolute Gasteiger partial charge is 0.225 e. The molecular formula is C16H18ClN3OS. The molecule has 0 aliphatic carbocycles. The first-order valence-corrected chi connectivity index (χ1v) is 8.50. The fraction of sp³-hybridized carbons (Fsp3) is 0.312. The van der Waals surface area contributed by atoms with Crippen molar-refractivity contribution >= 4 is 40.2 Å². The first-order chi connectivity index (χ1) is 10.6. The van der Waals surface area contributed by atoms with Crippen LogP contribution in [0.4, 0.5) is 11.4 Å². The number of carbonyl (C=O) groups is 1. The van der Waals surface area contributed by atoms with Gasteiger partial charge >= 0.3 is 0 Å². The van der Waals surface area contributed by atoms with Crippen LogP contribution >= 0.6 is 22.9 Å². The molecule has 0 bridgehead atoms. The fourth-order valence-corrected chi connectivity index (χ4v) is 3.73. The number of halogens is 1. The first-order valence-electron chi connectivity index (χ1n) is 7.24. The van der Waals surface area contributed by atoms with Crippen LogP contribution in [0.3, 0.4) is 0 Å². The fourth-order valence-electron chi connectivity index (χ4n) is 2.60. The molecule has 1 aliphatic heterocycles. The van der Waals surface area contributed by atoms with E-state index in [2.05, 4.69) is 21.7 Å². The minimum absolute atomic E-state index is 0.0252. The number of hydrogen-bond donors (Lipinski definition) is 2. The Morgan fingerprint density at radius 1 is 1.41 bits per heavy atom. The normalized spacial score (nSPS) is 14.6. The second-order valence-electron chi connectivity index (χ2n) is 5.43. The number of nitrogens with one attached hydrogen (secondary N) is 1. The molecule has 2 aromatic rings. The van der Waals surface area contributed by atoms with E-state index in [1.165, 1.54) is 10.4 Å². The molecule has 1 amide bonds. The van der Waals surface area contributed by atoms with Crippen LogP contribution in [0.1, 0.15) is 16.9 Å². The number of nitrogens with zero attached hydrogens (tertiary/aromatic N) is 1. The van der Waals surface area contributed by atoms with E-state index in [0.29, 0.717) is 22.8 Å². The topological polar surface area (TPSA) is 58.4 Å². The number of nitrogens with two attached hydrogens (primary N) is 1. The molecule has 2 heterocycles. The molecule has 1 aromatic carbocycles. The molecule has 0 fully saturated rings. The van der Waals surface area contributed by atoms with Crippen LogP contribution in [0.5, 0.6) is 0 Å². The van der Waals surface area contributed by atoms with Gasteiger partial charge in [0.2, 0.25) is 5.91 Å². The predicted molar refractivity (Wildman–Crippen MR) is 92.4 cm³/mol. The maximum absolute atomic E-state index is 12.1. The van der Waals surface area contributed by atoms with Crippen molar-refractivity contribution in [3.05, 3.63) is 45.1 Å². The molecule has 0 atom stereocenters. The lowest BCUT2D eigenvalue weighted by molar-refractivity contribution is -0.116. The Balaban J connectivity index is 1.51. The average Bonchev–Trinajstić information content (AvgIpc) is 2.95. The van der Waals surface area contributed by atoms with E-state index in [9.17, 15) is 4.79 Å². The predicted octanol–water partition coefficient (Wildman–Crippen LogP) is 3.37. The zero-order chi connectivity index (χ0) is 15.5. The van der Waals surface area contributed by atoms with Gasteiger partial charge in [-0.2, -0.15) is 0 Å². The van der Waals surface area contributed by atoms with Crippen molar-refractivity contribution in [2.45, 2.75) is 19.4 Å². The van der Waals surface area contributed by atoms with Gasteiger partial charge in [0.05, 0.1) is 10.7 Å². The highest BCUT2D eigenvalue weighted by atomic mass is 35.5. The van der Waals surface area contributed by atoms with Gasteiger partial charge in [0.15, 0.2) is 0 Å². The van der Waals surface area contributed by atoms with Gasteiger partial charge in [-0.1, -0.05) is 11.6 Å². The van der Waals surface area contributed by atoms with E-state index >= 15 is 0 Å². The number of thiophene rings is 1. The summed E-state index contributed by atoms with van der Waals surface area (Å²) in [4.78, 5) is 15.9. The highest BCUT2D eigenvalue weighted by Gasteiger charge is 2.17. The van der Waals surface area contributed by atoms with E-state index in [1.54, 1.807) is 18.2 Å². The largest absolute Gasteiger partial charge is 0.399 e. The second kappa shape index (κ2) is 6.69. The van der Waals surface area contributed by atoms with Crippen molar-refractivity contribution in [2.24, 2.45) is 0 Å². The molecule has 116 valence electrons. The molecule has 3 N–H and O–H groups in total. The van der Waals surface area contributed by atoms with Gasteiger partial charge in [0, 0.05) is 36.6 Å². The lowest BCUT2D eigenvalue weighted by atomic mass is 10.1. The summed E-state index contributed by atoms with van der Waals surface area (Å²) < 4.78 is 0. The van der Waals surface area contributed by atoms with Crippen LogP contribution in [-0.2, 0) is 17.8 Å². The van der Waals surface area contributed by atoms with Gasteiger partial charge in [0.1, 0.15) is 0 Å². The third kappa shape index (κ3) is 3.61. The molecular weight excluding hydrogens is 318 g/mol. The van der Waals surface area contributed by atoms with E-state index in [4.69, 9.17) is 17.3 Å². The quantitative estimate of drug-likeness (QED) is 0.842. The molecule has 0 saturated heterocycles. The number of rotatable bonds is 4. The Kier molecular flexibility index (Phi) is 4.66. The second-order valence-corrected chi connectivity index (χ2v) is 6.84. The molecule has 0 unspecified atom stereocenters. The molecule has 0 spiro atoms. The maximum Gasteiger partial charge on any atom is 0.225 e. The Hall–Kier alpha value is -1.56. The Labute approximate surface area is 138 Å². The van der Waals surface area contributed by atoms with Crippen molar-refractivity contribution in [1.82, 2.24) is 4.90 Å². The zero-order valence-corrected chi connectivity index (χ0v) is 13.7. The van der Waals surface area contributed by atoms with Crippen molar-refractivity contribution in [1.29, 1.82) is 0 Å². The SMILES string of the molecule is Nc1ccc(NC(=O)CCN2CCc3sccc3C2)c(Cl)c1. The van der Waals surface area contributed by atoms with Gasteiger partial charge < -0.3 is 11.1 Å². The van der Waals surface area contributed by atoms with Gasteiger partial charge in [-0.3, -0.25) is 9.69 Å². The minimum atomic E-state index is -0.0252. The molecule has 22 heavy (non-hydrogen) atoms. The Bertz CT molecular complexity index is 686. The molecule has 3 rings (SSSR count). The summed E-state index contributed by atoms with van der Waals surface area (Å²) in [5, 5.41) is 5.45. The first kappa shape index (κ1) is 15.3. The van der Waals surface area contributed by atoms with E-state index in [1.807, 2.05) is 11.3 Å². The van der Waals surface area contributed by atoms with Gasteiger partial charge in [0.25, 0.3) is 0 Å². The number of nitrogen functional groups attached to an aromatic ring is 1. The third-order valence-electron chi connectivity index (χ3n) is 3.81. The van der Waals surface area contributed by atoms with Gasteiger partial charge in [-0.25, -0.2) is 0 Å². The van der Waals surface area contributed by atoms with Crippen LogP contribution in [0.25, 0.3) is 0 Å². The molecule has 4 nitrogen and oxygen atoms in total. The monoisotopic (exact) mass is 335 g/mol. The Morgan fingerprint density at radius 3 is 3.09 bits per heavy atom. The van der Waals surface area contributed by atoms with Crippen LogP contribution in [0, 0.1) is 0 Å². The van der Waals surface area contributed by atoms with E-state index < -0.39 is 0 Å². The number of carbonyl (C=O) groups excluding carboxylic acids is 1. The molecule has 1 aromatic heterocycles. The van der Waals surface area contributed by atoms with Gasteiger partial charge in [-0.15, -0.1) is 11.3 Å².